The molecule has 0 aliphatic heterocycles. The molecule has 0 aliphatic carbocycles. The van der Waals surface area contributed by atoms with Gasteiger partial charge in [0.1, 0.15) is 11.6 Å². The van der Waals surface area contributed by atoms with Crippen LogP contribution in [-0.4, -0.2) is 11.5 Å². The standard InChI is InChI=1S/C14H16F2N2O/c1-9(2)6-17-8-14-18-7-13(19-14)11-4-3-10(15)5-12(11)16/h3-5,7,9,17H,6,8H2,1-2H3. The van der Waals surface area contributed by atoms with Crippen LogP contribution in [0.1, 0.15) is 19.7 Å². The minimum absolute atomic E-state index is 0.212. The van der Waals surface area contributed by atoms with Crippen LogP contribution in [0.3, 0.4) is 0 Å². The van der Waals surface area contributed by atoms with Crippen molar-refractivity contribution in [3.05, 3.63) is 41.9 Å². The van der Waals surface area contributed by atoms with Crippen LogP contribution in [0.4, 0.5) is 8.78 Å². The van der Waals surface area contributed by atoms with Gasteiger partial charge < -0.3 is 9.73 Å². The first-order valence-electron chi connectivity index (χ1n) is 6.17. The van der Waals surface area contributed by atoms with Crippen molar-refractivity contribution < 1.29 is 13.2 Å². The number of hydrogen-bond acceptors (Lipinski definition) is 3. The average molecular weight is 266 g/mol. The molecule has 0 radical (unpaired) electrons. The maximum Gasteiger partial charge on any atom is 0.208 e. The lowest BCUT2D eigenvalue weighted by molar-refractivity contribution is 0.457. The van der Waals surface area contributed by atoms with Crippen molar-refractivity contribution in [2.75, 3.05) is 6.54 Å². The number of rotatable bonds is 5. The maximum absolute atomic E-state index is 13.6. The fourth-order valence-electron chi connectivity index (χ4n) is 1.67. The molecule has 1 aromatic heterocycles. The highest BCUT2D eigenvalue weighted by Gasteiger charge is 2.11. The van der Waals surface area contributed by atoms with E-state index in [1.54, 1.807) is 0 Å². The van der Waals surface area contributed by atoms with Crippen molar-refractivity contribution in [2.24, 2.45) is 5.92 Å². The Balaban J connectivity index is 2.08. The van der Waals surface area contributed by atoms with Crippen molar-refractivity contribution >= 4 is 0 Å². The molecular weight excluding hydrogens is 250 g/mol. The Kier molecular flexibility index (Phi) is 4.27. The molecule has 0 bridgehead atoms. The first-order valence-corrected chi connectivity index (χ1v) is 6.17. The molecule has 1 heterocycles. The Hall–Kier alpha value is -1.75. The molecule has 2 rings (SSSR count). The van der Waals surface area contributed by atoms with Gasteiger partial charge in [-0.3, -0.25) is 0 Å². The molecule has 3 nitrogen and oxygen atoms in total. The first kappa shape index (κ1) is 13.7. The van der Waals surface area contributed by atoms with Crippen molar-refractivity contribution in [3.63, 3.8) is 0 Å². The van der Waals surface area contributed by atoms with E-state index >= 15 is 0 Å². The van der Waals surface area contributed by atoms with Gasteiger partial charge in [-0.25, -0.2) is 13.8 Å². The number of nitrogens with one attached hydrogen (secondary N) is 1. The van der Waals surface area contributed by atoms with Gasteiger partial charge >= 0.3 is 0 Å². The largest absolute Gasteiger partial charge is 0.439 e. The number of nitrogens with zero attached hydrogens (tertiary/aromatic N) is 1. The molecule has 0 aliphatic rings. The summed E-state index contributed by atoms with van der Waals surface area (Å²) < 4.78 is 31.8. The lowest BCUT2D eigenvalue weighted by atomic mass is 10.2. The van der Waals surface area contributed by atoms with Gasteiger partial charge in [-0.2, -0.15) is 0 Å². The van der Waals surface area contributed by atoms with E-state index in [1.165, 1.54) is 18.3 Å². The summed E-state index contributed by atoms with van der Waals surface area (Å²) >= 11 is 0. The fraction of sp³-hybridized carbons (Fsp3) is 0.357. The van der Waals surface area contributed by atoms with E-state index in [-0.39, 0.29) is 5.56 Å². The summed E-state index contributed by atoms with van der Waals surface area (Å²) in [5.74, 6) is 0.0552. The lowest BCUT2D eigenvalue weighted by Gasteiger charge is -2.04. The second kappa shape index (κ2) is 5.93. The molecule has 0 saturated heterocycles. The molecule has 5 heteroatoms. The predicted octanol–water partition coefficient (Wildman–Crippen LogP) is 3.37. The molecule has 0 atom stereocenters. The molecule has 1 N–H and O–H groups in total. The highest BCUT2D eigenvalue weighted by molar-refractivity contribution is 5.57. The van der Waals surface area contributed by atoms with Crippen LogP contribution >= 0.6 is 0 Å². The number of halogens is 2. The number of oxazole rings is 1. The maximum atomic E-state index is 13.6. The molecular formula is C14H16F2N2O. The van der Waals surface area contributed by atoms with Gasteiger partial charge in [0, 0.05) is 6.07 Å². The second-order valence-corrected chi connectivity index (χ2v) is 4.77. The summed E-state index contributed by atoms with van der Waals surface area (Å²) in [5.41, 5.74) is 0.212. The zero-order valence-electron chi connectivity index (χ0n) is 10.9. The highest BCUT2D eigenvalue weighted by Crippen LogP contribution is 2.24. The Morgan fingerprint density at radius 1 is 1.32 bits per heavy atom. The zero-order valence-corrected chi connectivity index (χ0v) is 10.9. The molecule has 2 aromatic rings. The van der Waals surface area contributed by atoms with Crippen molar-refractivity contribution in [3.8, 4) is 11.3 Å². The van der Waals surface area contributed by atoms with Gasteiger partial charge in [0.15, 0.2) is 5.76 Å². The minimum atomic E-state index is -0.655. The van der Waals surface area contributed by atoms with Gasteiger partial charge in [-0.05, 0) is 24.6 Å². The van der Waals surface area contributed by atoms with Gasteiger partial charge in [-0.15, -0.1) is 0 Å². The number of hydrogen-bond donors (Lipinski definition) is 1. The van der Waals surface area contributed by atoms with Crippen LogP contribution in [0.25, 0.3) is 11.3 Å². The second-order valence-electron chi connectivity index (χ2n) is 4.77. The predicted molar refractivity (Wildman–Crippen MR) is 68.4 cm³/mol. The van der Waals surface area contributed by atoms with Crippen LogP contribution in [0, 0.1) is 17.6 Å². The average Bonchev–Trinajstić information content (AvgIpc) is 2.77. The molecule has 19 heavy (non-hydrogen) atoms. The van der Waals surface area contributed by atoms with E-state index in [1.807, 2.05) is 0 Å². The topological polar surface area (TPSA) is 38.1 Å². The monoisotopic (exact) mass is 266 g/mol. The molecule has 0 amide bonds. The van der Waals surface area contributed by atoms with Gasteiger partial charge in [0.25, 0.3) is 0 Å². The summed E-state index contributed by atoms with van der Waals surface area (Å²) in [4.78, 5) is 4.06. The van der Waals surface area contributed by atoms with E-state index < -0.39 is 11.6 Å². The van der Waals surface area contributed by atoms with E-state index in [0.717, 1.165) is 12.6 Å². The van der Waals surface area contributed by atoms with Crippen LogP contribution in [-0.2, 0) is 6.54 Å². The van der Waals surface area contributed by atoms with Gasteiger partial charge in [0.05, 0.1) is 18.3 Å². The van der Waals surface area contributed by atoms with E-state index in [9.17, 15) is 8.78 Å². The first-order chi connectivity index (χ1) is 9.06. The molecule has 0 fully saturated rings. The summed E-state index contributed by atoms with van der Waals surface area (Å²) in [6.45, 7) is 5.54. The molecule has 0 saturated carbocycles. The van der Waals surface area contributed by atoms with Crippen molar-refractivity contribution in [1.29, 1.82) is 0 Å². The molecule has 1 aromatic carbocycles. The van der Waals surface area contributed by atoms with E-state index in [0.29, 0.717) is 24.1 Å². The Morgan fingerprint density at radius 3 is 2.79 bits per heavy atom. The van der Waals surface area contributed by atoms with E-state index in [2.05, 4.69) is 24.1 Å². The lowest BCUT2D eigenvalue weighted by Crippen LogP contribution is -2.18. The van der Waals surface area contributed by atoms with Crippen molar-refractivity contribution in [1.82, 2.24) is 10.3 Å². The fourth-order valence-corrected chi connectivity index (χ4v) is 1.67. The summed E-state index contributed by atoms with van der Waals surface area (Å²) in [6, 6.07) is 3.36. The summed E-state index contributed by atoms with van der Waals surface area (Å²) in [6.07, 6.45) is 1.45. The third-order valence-corrected chi connectivity index (χ3v) is 2.58. The smallest absolute Gasteiger partial charge is 0.208 e. The van der Waals surface area contributed by atoms with Gasteiger partial charge in [-0.1, -0.05) is 13.8 Å². The van der Waals surface area contributed by atoms with Crippen LogP contribution in [0.5, 0.6) is 0 Å². The Labute approximate surface area is 110 Å². The van der Waals surface area contributed by atoms with Crippen LogP contribution < -0.4 is 5.32 Å². The molecule has 0 unspecified atom stereocenters. The van der Waals surface area contributed by atoms with E-state index in [4.69, 9.17) is 4.42 Å². The summed E-state index contributed by atoms with van der Waals surface area (Å²) in [5, 5.41) is 3.18. The highest BCUT2D eigenvalue weighted by atomic mass is 19.1. The summed E-state index contributed by atoms with van der Waals surface area (Å²) in [7, 11) is 0. The number of aromatic nitrogens is 1. The number of benzene rings is 1. The van der Waals surface area contributed by atoms with Crippen LogP contribution in [0.15, 0.2) is 28.8 Å². The quantitative estimate of drug-likeness (QED) is 0.901. The van der Waals surface area contributed by atoms with Crippen LogP contribution in [0.2, 0.25) is 0 Å². The third kappa shape index (κ3) is 3.61. The molecule has 102 valence electrons. The molecule has 0 spiro atoms. The SMILES string of the molecule is CC(C)CNCc1ncc(-c2ccc(F)cc2F)o1. The Bertz CT molecular complexity index is 552. The normalized spacial score (nSPS) is 11.2. The van der Waals surface area contributed by atoms with Gasteiger partial charge in [0.2, 0.25) is 5.89 Å². The third-order valence-electron chi connectivity index (χ3n) is 2.58. The Morgan fingerprint density at radius 2 is 2.11 bits per heavy atom. The minimum Gasteiger partial charge on any atom is -0.439 e. The van der Waals surface area contributed by atoms with Crippen molar-refractivity contribution in [2.45, 2.75) is 20.4 Å². The zero-order chi connectivity index (χ0) is 13.8.